The number of furan rings is 1. The van der Waals surface area contributed by atoms with Gasteiger partial charge < -0.3 is 9.73 Å². The molecule has 1 aromatic carbocycles. The highest BCUT2D eigenvalue weighted by atomic mass is 32.2. The lowest BCUT2D eigenvalue weighted by Crippen LogP contribution is -2.13. The van der Waals surface area contributed by atoms with Crippen molar-refractivity contribution in [1.29, 1.82) is 0 Å². The number of rotatable bonds is 7. The number of nitrogens with zero attached hydrogens (tertiary/aromatic N) is 1. The molecule has 26 heavy (non-hydrogen) atoms. The van der Waals surface area contributed by atoms with Crippen LogP contribution >= 0.6 is 23.1 Å². The number of amides is 2. The minimum atomic E-state index is -0.345. The highest BCUT2D eigenvalue weighted by Crippen LogP contribution is 2.25. The molecule has 0 spiro atoms. The van der Waals surface area contributed by atoms with Crippen molar-refractivity contribution < 1.29 is 14.0 Å². The molecule has 8 heteroatoms. The van der Waals surface area contributed by atoms with Gasteiger partial charge in [-0.2, -0.15) is 0 Å². The molecule has 2 N–H and O–H groups in total. The predicted molar refractivity (Wildman–Crippen MR) is 104 cm³/mol. The fourth-order valence-corrected chi connectivity index (χ4v) is 3.54. The molecular weight excluding hydrogens is 370 g/mol. The Hall–Kier alpha value is -2.58. The number of nitrogens with one attached hydrogen (secondary N) is 2. The minimum Gasteiger partial charge on any atom is -0.459 e. The maximum absolute atomic E-state index is 12.2. The second kappa shape index (κ2) is 8.68. The molecule has 2 heterocycles. The van der Waals surface area contributed by atoms with E-state index < -0.39 is 0 Å². The summed E-state index contributed by atoms with van der Waals surface area (Å²) < 4.78 is 5.04. The number of hydrogen-bond donors (Lipinski definition) is 2. The van der Waals surface area contributed by atoms with Crippen molar-refractivity contribution in [3.8, 4) is 0 Å². The Morgan fingerprint density at radius 2 is 2.04 bits per heavy atom. The number of benzene rings is 1. The van der Waals surface area contributed by atoms with Crippen molar-refractivity contribution >= 4 is 45.7 Å². The number of para-hydroxylation sites is 1. The standard InChI is InChI=1S/C18H17N3O3S2/c1-25-15-7-3-2-5-13(15)20-16(22)9-8-12-11-26-18(19-12)21-17(23)14-6-4-10-24-14/h2-7,10-11H,8-9H2,1H3,(H,20,22)(H,19,21,23). The quantitative estimate of drug-likeness (QED) is 0.591. The Labute approximate surface area is 159 Å². The third-order valence-corrected chi connectivity index (χ3v) is 5.11. The van der Waals surface area contributed by atoms with Crippen LogP contribution in [0, 0.1) is 0 Å². The minimum absolute atomic E-state index is 0.0688. The SMILES string of the molecule is CSc1ccccc1NC(=O)CCc1csc(NC(=O)c2ccco2)n1. The predicted octanol–water partition coefficient (Wildman–Crippen LogP) is 4.28. The molecule has 6 nitrogen and oxygen atoms in total. The van der Waals surface area contributed by atoms with E-state index >= 15 is 0 Å². The van der Waals surface area contributed by atoms with E-state index in [0.717, 1.165) is 16.3 Å². The lowest BCUT2D eigenvalue weighted by atomic mass is 10.2. The van der Waals surface area contributed by atoms with Crippen LogP contribution in [-0.2, 0) is 11.2 Å². The first kappa shape index (κ1) is 18.2. The molecule has 0 bridgehead atoms. The smallest absolute Gasteiger partial charge is 0.293 e. The zero-order valence-electron chi connectivity index (χ0n) is 14.0. The Morgan fingerprint density at radius 3 is 2.81 bits per heavy atom. The summed E-state index contributed by atoms with van der Waals surface area (Å²) in [6, 6.07) is 10.9. The number of hydrogen-bond acceptors (Lipinski definition) is 6. The van der Waals surface area contributed by atoms with Crippen molar-refractivity contribution in [2.45, 2.75) is 17.7 Å². The fourth-order valence-electron chi connectivity index (χ4n) is 2.25. The highest BCUT2D eigenvalue weighted by molar-refractivity contribution is 7.98. The number of carbonyl (C=O) groups is 2. The zero-order chi connectivity index (χ0) is 18.4. The van der Waals surface area contributed by atoms with Gasteiger partial charge >= 0.3 is 0 Å². The molecule has 0 atom stereocenters. The van der Waals surface area contributed by atoms with Crippen molar-refractivity contribution in [2.24, 2.45) is 0 Å². The van der Waals surface area contributed by atoms with Gasteiger partial charge in [0.15, 0.2) is 10.9 Å². The van der Waals surface area contributed by atoms with Gasteiger partial charge in [0.25, 0.3) is 5.91 Å². The van der Waals surface area contributed by atoms with Crippen LogP contribution in [0.2, 0.25) is 0 Å². The summed E-state index contributed by atoms with van der Waals surface area (Å²) in [4.78, 5) is 29.4. The largest absolute Gasteiger partial charge is 0.459 e. The Kier molecular flexibility index (Phi) is 6.08. The average molecular weight is 387 g/mol. The van der Waals surface area contributed by atoms with E-state index in [2.05, 4.69) is 15.6 Å². The van der Waals surface area contributed by atoms with Crippen LogP contribution in [0.4, 0.5) is 10.8 Å². The maximum Gasteiger partial charge on any atom is 0.293 e. The molecule has 2 amide bonds. The summed E-state index contributed by atoms with van der Waals surface area (Å²) >= 11 is 2.90. The first-order valence-electron chi connectivity index (χ1n) is 7.88. The third-order valence-electron chi connectivity index (χ3n) is 3.51. The Balaban J connectivity index is 1.51. The molecule has 0 unspecified atom stereocenters. The first-order chi connectivity index (χ1) is 12.7. The van der Waals surface area contributed by atoms with Crippen LogP contribution in [0.5, 0.6) is 0 Å². The normalized spacial score (nSPS) is 10.5. The summed E-state index contributed by atoms with van der Waals surface area (Å²) in [6.45, 7) is 0. The van der Waals surface area contributed by atoms with Crippen LogP contribution in [0.15, 0.2) is 57.4 Å². The van der Waals surface area contributed by atoms with Gasteiger partial charge in [0.2, 0.25) is 5.91 Å². The molecule has 3 rings (SSSR count). The Bertz CT molecular complexity index is 891. The molecule has 0 aliphatic carbocycles. The van der Waals surface area contributed by atoms with E-state index in [4.69, 9.17) is 4.42 Å². The summed E-state index contributed by atoms with van der Waals surface area (Å²) in [7, 11) is 0. The van der Waals surface area contributed by atoms with Crippen molar-refractivity contribution in [3.63, 3.8) is 0 Å². The van der Waals surface area contributed by atoms with E-state index in [1.807, 2.05) is 35.9 Å². The molecule has 0 aliphatic heterocycles. The van der Waals surface area contributed by atoms with Gasteiger partial charge in [-0.15, -0.1) is 23.1 Å². The molecule has 134 valence electrons. The lowest BCUT2D eigenvalue weighted by molar-refractivity contribution is -0.116. The molecule has 0 saturated carbocycles. The van der Waals surface area contributed by atoms with Crippen LogP contribution < -0.4 is 10.6 Å². The van der Waals surface area contributed by atoms with Gasteiger partial charge in [-0.25, -0.2) is 4.98 Å². The number of aromatic nitrogens is 1. The monoisotopic (exact) mass is 387 g/mol. The Morgan fingerprint density at radius 1 is 1.19 bits per heavy atom. The van der Waals surface area contributed by atoms with E-state index in [9.17, 15) is 9.59 Å². The summed E-state index contributed by atoms with van der Waals surface area (Å²) in [5.41, 5.74) is 1.58. The third kappa shape index (κ3) is 4.74. The van der Waals surface area contributed by atoms with E-state index in [0.29, 0.717) is 18.0 Å². The van der Waals surface area contributed by atoms with Crippen molar-refractivity contribution in [2.75, 3.05) is 16.9 Å². The molecule has 0 fully saturated rings. The lowest BCUT2D eigenvalue weighted by Gasteiger charge is -2.08. The van der Waals surface area contributed by atoms with E-state index in [1.165, 1.54) is 17.6 Å². The first-order valence-corrected chi connectivity index (χ1v) is 9.98. The number of anilines is 2. The molecule has 0 saturated heterocycles. The van der Waals surface area contributed by atoms with Gasteiger partial charge in [-0.05, 0) is 36.9 Å². The highest BCUT2D eigenvalue weighted by Gasteiger charge is 2.12. The summed E-state index contributed by atoms with van der Waals surface area (Å²) in [5.74, 6) is -0.184. The molecule has 2 aromatic heterocycles. The number of thioether (sulfide) groups is 1. The van der Waals surface area contributed by atoms with Crippen LogP contribution in [0.3, 0.4) is 0 Å². The van der Waals surface area contributed by atoms with Crippen LogP contribution in [0.1, 0.15) is 22.7 Å². The van der Waals surface area contributed by atoms with Gasteiger partial charge in [0.1, 0.15) is 0 Å². The topological polar surface area (TPSA) is 84.2 Å². The maximum atomic E-state index is 12.2. The second-order valence-electron chi connectivity index (χ2n) is 5.32. The zero-order valence-corrected chi connectivity index (χ0v) is 15.7. The van der Waals surface area contributed by atoms with E-state index in [1.54, 1.807) is 23.9 Å². The van der Waals surface area contributed by atoms with Crippen LogP contribution in [0.25, 0.3) is 0 Å². The van der Waals surface area contributed by atoms with E-state index in [-0.39, 0.29) is 17.6 Å². The number of aryl methyl sites for hydroxylation is 1. The molecule has 3 aromatic rings. The molecular formula is C18H17N3O3S2. The van der Waals surface area contributed by atoms with Crippen molar-refractivity contribution in [1.82, 2.24) is 4.98 Å². The summed E-state index contributed by atoms with van der Waals surface area (Å²) in [6.07, 6.45) is 4.23. The van der Waals surface area contributed by atoms with Crippen LogP contribution in [-0.4, -0.2) is 23.1 Å². The summed E-state index contributed by atoms with van der Waals surface area (Å²) in [5, 5.41) is 7.92. The average Bonchev–Trinajstić information content (AvgIpc) is 3.32. The fraction of sp³-hybridized carbons (Fsp3) is 0.167. The van der Waals surface area contributed by atoms with Gasteiger partial charge in [-0.3, -0.25) is 14.9 Å². The van der Waals surface area contributed by atoms with Gasteiger partial charge in [-0.1, -0.05) is 12.1 Å². The van der Waals surface area contributed by atoms with Gasteiger partial charge in [0, 0.05) is 16.7 Å². The second-order valence-corrected chi connectivity index (χ2v) is 7.03. The number of carbonyl (C=O) groups excluding carboxylic acids is 2. The molecule has 0 aliphatic rings. The van der Waals surface area contributed by atoms with Crippen molar-refractivity contribution in [3.05, 3.63) is 59.5 Å². The van der Waals surface area contributed by atoms with Gasteiger partial charge in [0.05, 0.1) is 17.6 Å². The number of thiazole rings is 1. The molecule has 0 radical (unpaired) electrons.